The Hall–Kier alpha value is -2.04. The van der Waals surface area contributed by atoms with Crippen LogP contribution < -0.4 is 4.74 Å². The minimum absolute atomic E-state index is 0.00463. The maximum absolute atomic E-state index is 10.4. The molecule has 1 unspecified atom stereocenters. The van der Waals surface area contributed by atoms with Gasteiger partial charge in [0.25, 0.3) is 0 Å². The van der Waals surface area contributed by atoms with E-state index < -0.39 is 0 Å². The van der Waals surface area contributed by atoms with Gasteiger partial charge in [-0.1, -0.05) is 29.4 Å². The topological polar surface area (TPSA) is 72.6 Å². The highest BCUT2D eigenvalue weighted by molar-refractivity contribution is 5.58. The summed E-state index contributed by atoms with van der Waals surface area (Å²) in [7, 11) is 0. The van der Waals surface area contributed by atoms with E-state index in [0.29, 0.717) is 5.75 Å². The molecule has 1 aliphatic rings. The fourth-order valence-electron chi connectivity index (χ4n) is 4.54. The molecule has 0 saturated carbocycles. The fraction of sp³-hybridized carbons (Fsp3) is 0.586. The van der Waals surface area contributed by atoms with Gasteiger partial charge in [0.05, 0.1) is 6.61 Å². The normalized spacial score (nSPS) is 19.5. The monoisotopic (exact) mass is 457 g/mol. The summed E-state index contributed by atoms with van der Waals surface area (Å²) in [6.07, 6.45) is 14.6. The van der Waals surface area contributed by atoms with Crippen LogP contribution >= 0.6 is 0 Å². The van der Waals surface area contributed by atoms with E-state index in [-0.39, 0.29) is 18.8 Å². The highest BCUT2D eigenvalue weighted by atomic mass is 16.5. The Morgan fingerprint density at radius 1 is 0.970 bits per heavy atom. The Kier molecular flexibility index (Phi) is 10.2. The molecule has 4 heteroatoms. The number of hydrogen-bond donors (Lipinski definition) is 2. The summed E-state index contributed by atoms with van der Waals surface area (Å²) in [4.78, 5) is 0. The number of fused-ring (bicyclic) bond motifs is 1. The molecular formula is C29H45O4+. The number of allylic oxidation sites excluding steroid dienone is 5. The number of phenolic OH excluding ortho intramolecular Hbond substituents is 1. The van der Waals surface area contributed by atoms with Crippen LogP contribution in [0.1, 0.15) is 88.0 Å². The highest BCUT2D eigenvalue weighted by Gasteiger charge is 2.33. The van der Waals surface area contributed by atoms with E-state index in [1.807, 2.05) is 19.9 Å². The van der Waals surface area contributed by atoms with Gasteiger partial charge in [-0.15, -0.1) is 0 Å². The molecule has 4 N–H and O–H groups in total. The lowest BCUT2D eigenvalue weighted by molar-refractivity contribution is 0.0558. The van der Waals surface area contributed by atoms with Crippen LogP contribution in [0.3, 0.4) is 0 Å². The van der Waals surface area contributed by atoms with Gasteiger partial charge in [-0.25, -0.2) is 0 Å². The summed E-state index contributed by atoms with van der Waals surface area (Å²) in [6, 6.07) is 0. The third-order valence-electron chi connectivity index (χ3n) is 7.19. The standard InChI is InChI=1S/C29H44O4/c1-20(12-8-14-25(18-30)19-31)10-7-11-21(2)13-9-16-29(6)17-15-26-24(5)27(32)22(3)23(4)28(26)33-29/h10,13-14,30-32H,7-9,11-12,15-19H2,1-6H3/p+1/b20-10+,21-13+. The summed E-state index contributed by atoms with van der Waals surface area (Å²) in [5.41, 5.74) is 7.56. The maximum atomic E-state index is 10.4. The smallest absolute Gasteiger partial charge is 0.168 e. The summed E-state index contributed by atoms with van der Waals surface area (Å²) >= 11 is 0. The van der Waals surface area contributed by atoms with Gasteiger partial charge in [-0.3, -0.25) is 0 Å². The zero-order valence-corrected chi connectivity index (χ0v) is 21.6. The molecule has 0 spiro atoms. The van der Waals surface area contributed by atoms with Gasteiger partial charge in [0.15, 0.2) is 6.61 Å². The van der Waals surface area contributed by atoms with Crippen molar-refractivity contribution in [3.8, 4) is 11.5 Å². The van der Waals surface area contributed by atoms with E-state index in [4.69, 9.17) is 14.9 Å². The minimum Gasteiger partial charge on any atom is -0.507 e. The average Bonchev–Trinajstić information content (AvgIpc) is 2.79. The lowest BCUT2D eigenvalue weighted by atomic mass is 9.85. The van der Waals surface area contributed by atoms with Crippen molar-refractivity contribution in [1.29, 1.82) is 0 Å². The van der Waals surface area contributed by atoms with Crippen LogP contribution in [0.2, 0.25) is 0 Å². The number of aliphatic hydroxyl groups is 1. The van der Waals surface area contributed by atoms with E-state index in [1.165, 1.54) is 16.7 Å². The predicted octanol–water partition coefficient (Wildman–Crippen LogP) is 6.28. The van der Waals surface area contributed by atoms with E-state index in [1.54, 1.807) is 0 Å². The van der Waals surface area contributed by atoms with Crippen LogP contribution in [0.5, 0.6) is 11.5 Å². The third-order valence-corrected chi connectivity index (χ3v) is 7.19. The SMILES string of the molecule is C/C(=C\CC/C(C)=C/CCC1(C)CCc2c(C)c(O)c(C)c(C)c2O1)CC/C=C(\CO)C[OH2+]. The van der Waals surface area contributed by atoms with Crippen LogP contribution in [0.15, 0.2) is 34.9 Å². The molecule has 1 aromatic carbocycles. The maximum Gasteiger partial charge on any atom is 0.168 e. The molecule has 0 saturated heterocycles. The van der Waals surface area contributed by atoms with Crippen molar-refractivity contribution >= 4 is 0 Å². The number of aliphatic hydroxyl groups excluding tert-OH is 1. The van der Waals surface area contributed by atoms with Crippen LogP contribution in [0, 0.1) is 20.8 Å². The number of aromatic hydroxyl groups is 1. The number of ether oxygens (including phenoxy) is 1. The van der Waals surface area contributed by atoms with Crippen molar-refractivity contribution in [2.45, 2.75) is 98.5 Å². The summed E-state index contributed by atoms with van der Waals surface area (Å²) in [5.74, 6) is 1.40. The van der Waals surface area contributed by atoms with Crippen LogP contribution in [-0.4, -0.2) is 34.1 Å². The van der Waals surface area contributed by atoms with Gasteiger partial charge >= 0.3 is 0 Å². The van der Waals surface area contributed by atoms with Crippen LogP contribution in [0.25, 0.3) is 0 Å². The second kappa shape index (κ2) is 12.4. The molecule has 0 aliphatic carbocycles. The lowest BCUT2D eigenvalue weighted by Crippen LogP contribution is -2.37. The number of benzene rings is 1. The minimum atomic E-state index is -0.166. The summed E-state index contributed by atoms with van der Waals surface area (Å²) < 4.78 is 6.55. The van der Waals surface area contributed by atoms with Gasteiger partial charge in [-0.2, -0.15) is 0 Å². The summed E-state index contributed by atoms with van der Waals surface area (Å²) in [5, 5.41) is 26.8. The molecule has 1 heterocycles. The highest BCUT2D eigenvalue weighted by Crippen LogP contribution is 2.44. The molecular weight excluding hydrogens is 412 g/mol. The molecule has 33 heavy (non-hydrogen) atoms. The molecule has 1 atom stereocenters. The van der Waals surface area contributed by atoms with E-state index in [2.05, 4.69) is 39.8 Å². The van der Waals surface area contributed by atoms with Crippen LogP contribution in [-0.2, 0) is 6.42 Å². The van der Waals surface area contributed by atoms with Crippen molar-refractivity contribution in [2.24, 2.45) is 0 Å². The zero-order valence-electron chi connectivity index (χ0n) is 21.6. The van der Waals surface area contributed by atoms with Crippen molar-refractivity contribution in [1.82, 2.24) is 0 Å². The Bertz CT molecular complexity index is 901. The Balaban J connectivity index is 1.84. The second-order valence-corrected chi connectivity index (χ2v) is 10.00. The first kappa shape index (κ1) is 27.2. The van der Waals surface area contributed by atoms with Crippen molar-refractivity contribution in [3.05, 3.63) is 57.2 Å². The lowest BCUT2D eigenvalue weighted by Gasteiger charge is -2.38. The Labute approximate surface area is 200 Å². The first-order valence-corrected chi connectivity index (χ1v) is 12.4. The molecule has 1 aromatic rings. The molecule has 0 radical (unpaired) electrons. The molecule has 0 aromatic heterocycles. The van der Waals surface area contributed by atoms with Crippen molar-refractivity contribution in [2.75, 3.05) is 13.2 Å². The molecule has 0 fully saturated rings. The van der Waals surface area contributed by atoms with Crippen LogP contribution in [0.4, 0.5) is 0 Å². The van der Waals surface area contributed by atoms with Gasteiger partial charge in [0.2, 0.25) is 0 Å². The number of phenols is 1. The van der Waals surface area contributed by atoms with Crippen molar-refractivity contribution < 1.29 is 20.1 Å². The molecule has 4 nitrogen and oxygen atoms in total. The first-order valence-electron chi connectivity index (χ1n) is 12.4. The fourth-order valence-corrected chi connectivity index (χ4v) is 4.54. The van der Waals surface area contributed by atoms with Gasteiger partial charge < -0.3 is 20.1 Å². The van der Waals surface area contributed by atoms with E-state index in [9.17, 15) is 5.11 Å². The first-order chi connectivity index (χ1) is 15.6. The van der Waals surface area contributed by atoms with Crippen molar-refractivity contribution in [3.63, 3.8) is 0 Å². The second-order valence-electron chi connectivity index (χ2n) is 10.00. The zero-order chi connectivity index (χ0) is 24.6. The summed E-state index contributed by atoms with van der Waals surface area (Å²) in [6.45, 7) is 12.8. The Morgan fingerprint density at radius 3 is 2.18 bits per heavy atom. The number of hydrogen-bond acceptors (Lipinski definition) is 3. The quantitative estimate of drug-likeness (QED) is 0.303. The number of rotatable bonds is 11. The molecule has 1 aliphatic heterocycles. The molecule has 0 bridgehead atoms. The Morgan fingerprint density at radius 2 is 1.58 bits per heavy atom. The third kappa shape index (κ3) is 7.48. The van der Waals surface area contributed by atoms with E-state index >= 15 is 0 Å². The largest absolute Gasteiger partial charge is 0.507 e. The van der Waals surface area contributed by atoms with Gasteiger partial charge in [-0.05, 0) is 110 Å². The van der Waals surface area contributed by atoms with Gasteiger partial charge in [0, 0.05) is 11.1 Å². The van der Waals surface area contributed by atoms with Gasteiger partial charge in [0.1, 0.15) is 17.1 Å². The molecule has 2 rings (SSSR count). The molecule has 184 valence electrons. The van der Waals surface area contributed by atoms with E-state index in [0.717, 1.165) is 79.4 Å². The molecule has 0 amide bonds. The average molecular weight is 458 g/mol. The predicted molar refractivity (Wildman–Crippen MR) is 139 cm³/mol.